The standard InChI is InChI=1S/C29H26O10/c1-33-19-7-6-14(8-20(19)34-2)17-13-38-29-25-16(15-9-22(35-3)28(37-5)23(10-15)36-4)11-24(31)39-21(25)12-18(30)26(29)27(17)32/h6-10,12-13,16,30H,11H2,1-5H3/t16-/m0/s1. The Hall–Kier alpha value is -4.86. The quantitative estimate of drug-likeness (QED) is 0.265. The first-order chi connectivity index (χ1) is 18.8. The number of carbonyl (C=O) groups excluding carboxylic acids is 1. The predicted octanol–water partition coefficient (Wildman–Crippen LogP) is 4.65. The molecule has 0 fully saturated rings. The molecule has 1 N–H and O–H groups in total. The number of hydrogen-bond donors (Lipinski definition) is 1. The highest BCUT2D eigenvalue weighted by Crippen LogP contribution is 2.49. The minimum absolute atomic E-state index is 0.0450. The Morgan fingerprint density at radius 1 is 0.821 bits per heavy atom. The number of aromatic hydroxyl groups is 1. The van der Waals surface area contributed by atoms with Crippen LogP contribution in [0, 0.1) is 0 Å². The number of ether oxygens (including phenoxy) is 6. The Labute approximate surface area is 223 Å². The molecule has 1 aliphatic heterocycles. The van der Waals surface area contributed by atoms with E-state index < -0.39 is 17.3 Å². The summed E-state index contributed by atoms with van der Waals surface area (Å²) in [5, 5.41) is 10.8. The highest BCUT2D eigenvalue weighted by atomic mass is 16.5. The topological polar surface area (TPSA) is 123 Å². The van der Waals surface area contributed by atoms with Crippen molar-refractivity contribution >= 4 is 16.9 Å². The Morgan fingerprint density at radius 2 is 1.49 bits per heavy atom. The molecule has 10 nitrogen and oxygen atoms in total. The van der Waals surface area contributed by atoms with Crippen molar-refractivity contribution in [3.8, 4) is 51.4 Å². The van der Waals surface area contributed by atoms with Gasteiger partial charge in [0.15, 0.2) is 23.0 Å². The summed E-state index contributed by atoms with van der Waals surface area (Å²) in [7, 11) is 7.49. The summed E-state index contributed by atoms with van der Waals surface area (Å²) in [6.07, 6.45) is 1.26. The number of carbonyl (C=O) groups is 1. The van der Waals surface area contributed by atoms with E-state index in [1.807, 2.05) is 0 Å². The molecule has 0 amide bonds. The molecule has 0 aliphatic carbocycles. The molecule has 10 heteroatoms. The van der Waals surface area contributed by atoms with E-state index in [0.717, 1.165) is 0 Å². The van der Waals surface area contributed by atoms with Gasteiger partial charge in [-0.05, 0) is 35.4 Å². The lowest BCUT2D eigenvalue weighted by atomic mass is 9.84. The van der Waals surface area contributed by atoms with Crippen LogP contribution in [-0.4, -0.2) is 46.6 Å². The fraction of sp³-hybridized carbons (Fsp3) is 0.241. The molecule has 0 spiro atoms. The molecular weight excluding hydrogens is 508 g/mol. The first kappa shape index (κ1) is 25.8. The fourth-order valence-electron chi connectivity index (χ4n) is 4.92. The molecular formula is C29H26O10. The second-order valence-electron chi connectivity index (χ2n) is 8.75. The van der Waals surface area contributed by atoms with E-state index in [9.17, 15) is 14.7 Å². The van der Waals surface area contributed by atoms with Crippen LogP contribution in [-0.2, 0) is 4.79 Å². The van der Waals surface area contributed by atoms with Crippen LogP contribution in [0.5, 0.6) is 40.2 Å². The van der Waals surface area contributed by atoms with Crippen LogP contribution in [0.15, 0.2) is 51.9 Å². The van der Waals surface area contributed by atoms with E-state index in [1.165, 1.54) is 47.9 Å². The third-order valence-corrected chi connectivity index (χ3v) is 6.75. The number of rotatable bonds is 7. The number of methoxy groups -OCH3 is 5. The van der Waals surface area contributed by atoms with Gasteiger partial charge in [-0.1, -0.05) is 6.07 Å². The van der Waals surface area contributed by atoms with Crippen molar-refractivity contribution < 1.29 is 42.7 Å². The molecule has 0 bridgehead atoms. The Morgan fingerprint density at radius 3 is 2.10 bits per heavy atom. The lowest BCUT2D eigenvalue weighted by Gasteiger charge is -2.27. The van der Waals surface area contributed by atoms with Crippen molar-refractivity contribution in [2.75, 3.05) is 35.5 Å². The van der Waals surface area contributed by atoms with E-state index in [2.05, 4.69) is 0 Å². The zero-order valence-electron chi connectivity index (χ0n) is 21.9. The number of hydrogen-bond acceptors (Lipinski definition) is 10. The van der Waals surface area contributed by atoms with Crippen LogP contribution in [0.25, 0.3) is 22.1 Å². The minimum Gasteiger partial charge on any atom is -0.507 e. The molecule has 202 valence electrons. The predicted molar refractivity (Wildman–Crippen MR) is 141 cm³/mol. The average Bonchev–Trinajstić information content (AvgIpc) is 2.95. The van der Waals surface area contributed by atoms with Gasteiger partial charge in [0, 0.05) is 17.5 Å². The first-order valence-corrected chi connectivity index (χ1v) is 11.9. The smallest absolute Gasteiger partial charge is 0.312 e. The van der Waals surface area contributed by atoms with E-state index in [1.54, 1.807) is 30.3 Å². The third-order valence-electron chi connectivity index (χ3n) is 6.75. The zero-order valence-corrected chi connectivity index (χ0v) is 21.9. The second-order valence-corrected chi connectivity index (χ2v) is 8.75. The van der Waals surface area contributed by atoms with Crippen molar-refractivity contribution in [1.29, 1.82) is 0 Å². The van der Waals surface area contributed by atoms with Crippen molar-refractivity contribution in [1.82, 2.24) is 0 Å². The number of benzene rings is 3. The molecule has 2 heterocycles. The summed E-state index contributed by atoms with van der Waals surface area (Å²) in [6, 6.07) is 9.72. The van der Waals surface area contributed by atoms with Gasteiger partial charge in [-0.15, -0.1) is 0 Å². The highest BCUT2D eigenvalue weighted by Gasteiger charge is 2.35. The van der Waals surface area contributed by atoms with Gasteiger partial charge in [0.1, 0.15) is 28.7 Å². The molecule has 4 aromatic rings. The van der Waals surface area contributed by atoms with Crippen LogP contribution in [0.1, 0.15) is 23.5 Å². The Bertz CT molecular complexity index is 1630. The van der Waals surface area contributed by atoms with E-state index in [0.29, 0.717) is 45.4 Å². The van der Waals surface area contributed by atoms with Crippen molar-refractivity contribution in [2.45, 2.75) is 12.3 Å². The maximum absolute atomic E-state index is 13.7. The van der Waals surface area contributed by atoms with Crippen molar-refractivity contribution in [2.24, 2.45) is 0 Å². The SMILES string of the molecule is COc1ccc(-c2coc3c4c(cc(O)c3c2=O)OC(=O)C[C@H]4c2cc(OC)c(OC)c(OC)c2)cc1OC. The molecule has 0 radical (unpaired) electrons. The average molecular weight is 535 g/mol. The van der Waals surface area contributed by atoms with Gasteiger partial charge in [-0.3, -0.25) is 9.59 Å². The van der Waals surface area contributed by atoms with Gasteiger partial charge in [0.25, 0.3) is 0 Å². The van der Waals surface area contributed by atoms with Gasteiger partial charge < -0.3 is 37.9 Å². The summed E-state index contributed by atoms with van der Waals surface area (Å²) in [5.41, 5.74) is 1.42. The van der Waals surface area contributed by atoms with Crippen molar-refractivity contribution in [3.05, 3.63) is 64.0 Å². The third kappa shape index (κ3) is 4.23. The normalized spacial score (nSPS) is 14.4. The Balaban J connectivity index is 1.74. The van der Waals surface area contributed by atoms with Crippen LogP contribution in [0.3, 0.4) is 0 Å². The van der Waals surface area contributed by atoms with Crippen LogP contribution < -0.4 is 33.8 Å². The zero-order chi connectivity index (χ0) is 27.8. The van der Waals surface area contributed by atoms with Gasteiger partial charge >= 0.3 is 5.97 Å². The van der Waals surface area contributed by atoms with Crippen LogP contribution in [0.2, 0.25) is 0 Å². The van der Waals surface area contributed by atoms with E-state index in [-0.39, 0.29) is 34.5 Å². The Kier molecular flexibility index (Phi) is 6.69. The molecule has 1 aromatic heterocycles. The minimum atomic E-state index is -0.604. The van der Waals surface area contributed by atoms with Gasteiger partial charge in [-0.2, -0.15) is 0 Å². The van der Waals surface area contributed by atoms with Gasteiger partial charge in [0.05, 0.1) is 47.5 Å². The summed E-state index contributed by atoms with van der Waals surface area (Å²) in [5.74, 6) is 0.716. The fourth-order valence-corrected chi connectivity index (χ4v) is 4.92. The molecule has 1 atom stereocenters. The molecule has 1 aliphatic rings. The van der Waals surface area contributed by atoms with E-state index in [4.69, 9.17) is 32.8 Å². The lowest BCUT2D eigenvalue weighted by molar-refractivity contribution is -0.135. The molecule has 0 saturated carbocycles. The molecule has 3 aromatic carbocycles. The van der Waals surface area contributed by atoms with Gasteiger partial charge in [-0.25, -0.2) is 0 Å². The lowest BCUT2D eigenvalue weighted by Crippen LogP contribution is -2.22. The van der Waals surface area contributed by atoms with Crippen molar-refractivity contribution in [3.63, 3.8) is 0 Å². The first-order valence-electron chi connectivity index (χ1n) is 11.9. The van der Waals surface area contributed by atoms with Gasteiger partial charge in [0.2, 0.25) is 11.2 Å². The summed E-state index contributed by atoms with van der Waals surface area (Å²) in [6.45, 7) is 0. The number of phenolic OH excluding ortho intramolecular Hbond substituents is 1. The maximum atomic E-state index is 13.7. The summed E-state index contributed by atoms with van der Waals surface area (Å²) < 4.78 is 38.6. The maximum Gasteiger partial charge on any atom is 0.312 e. The monoisotopic (exact) mass is 534 g/mol. The molecule has 0 unspecified atom stereocenters. The highest BCUT2D eigenvalue weighted by molar-refractivity contribution is 5.94. The van der Waals surface area contributed by atoms with E-state index >= 15 is 0 Å². The molecule has 39 heavy (non-hydrogen) atoms. The molecule has 5 rings (SSSR count). The second kappa shape index (κ2) is 10.1. The molecule has 0 saturated heterocycles. The summed E-state index contributed by atoms with van der Waals surface area (Å²) >= 11 is 0. The van der Waals surface area contributed by atoms with Crippen LogP contribution in [0.4, 0.5) is 0 Å². The number of phenols is 1. The number of fused-ring (bicyclic) bond motifs is 3. The number of esters is 1. The van der Waals surface area contributed by atoms with Crippen LogP contribution >= 0.6 is 0 Å². The largest absolute Gasteiger partial charge is 0.507 e. The summed E-state index contributed by atoms with van der Waals surface area (Å²) in [4.78, 5) is 26.3.